The van der Waals surface area contributed by atoms with E-state index in [2.05, 4.69) is 5.32 Å². The average Bonchev–Trinajstić information content (AvgIpc) is 2.95. The number of ether oxygens (including phenoxy) is 1. The number of hydrogen-bond acceptors (Lipinski definition) is 5. The van der Waals surface area contributed by atoms with Crippen LogP contribution in [0.15, 0.2) is 47.6 Å². The van der Waals surface area contributed by atoms with Gasteiger partial charge in [0.2, 0.25) is 5.91 Å². The van der Waals surface area contributed by atoms with E-state index in [1.165, 1.54) is 18.2 Å². The van der Waals surface area contributed by atoms with Crippen molar-refractivity contribution in [1.82, 2.24) is 10.2 Å². The van der Waals surface area contributed by atoms with E-state index in [1.807, 2.05) is 46.8 Å². The Bertz CT molecular complexity index is 1570. The van der Waals surface area contributed by atoms with E-state index >= 15 is 4.39 Å². The first-order valence-electron chi connectivity index (χ1n) is 16.1. The van der Waals surface area contributed by atoms with Crippen LogP contribution < -0.4 is 5.32 Å². The molecule has 0 radical (unpaired) electrons. The highest BCUT2D eigenvalue weighted by atomic mass is 35.5. The summed E-state index contributed by atoms with van der Waals surface area (Å²) in [5.74, 6) is -5.53. The molecule has 0 aromatic heterocycles. The van der Waals surface area contributed by atoms with E-state index in [9.17, 15) is 27.6 Å². The zero-order valence-corrected chi connectivity index (χ0v) is 29.5. The summed E-state index contributed by atoms with van der Waals surface area (Å²) in [4.78, 5) is 42.0. The van der Waals surface area contributed by atoms with Gasteiger partial charge in [-0.25, -0.2) is 4.39 Å². The van der Waals surface area contributed by atoms with Crippen LogP contribution in [0.5, 0.6) is 0 Å². The van der Waals surface area contributed by atoms with Gasteiger partial charge >= 0.3 is 12.1 Å². The fourth-order valence-corrected chi connectivity index (χ4v) is 6.56. The molecule has 2 aromatic rings. The minimum atomic E-state index is -4.75. The zero-order valence-electron chi connectivity index (χ0n) is 28.8. The van der Waals surface area contributed by atoms with E-state index in [1.54, 1.807) is 25.9 Å². The molecule has 0 fully saturated rings. The minimum Gasteiger partial charge on any atom is -0.466 e. The fraction of sp³-hybridized carbons (Fsp3) is 0.486. The van der Waals surface area contributed by atoms with Gasteiger partial charge in [-0.1, -0.05) is 49.2 Å². The molecule has 0 saturated carbocycles. The van der Waals surface area contributed by atoms with Crippen molar-refractivity contribution in [2.45, 2.75) is 73.0 Å². The molecule has 1 N–H and O–H groups in total. The predicted molar refractivity (Wildman–Crippen MR) is 180 cm³/mol. The number of nitrogens with zero attached hydrogens (tertiary/aromatic N) is 1. The van der Waals surface area contributed by atoms with Crippen molar-refractivity contribution in [3.05, 3.63) is 80.7 Å². The third kappa shape index (κ3) is 9.78. The van der Waals surface area contributed by atoms with Gasteiger partial charge in [0.1, 0.15) is 5.82 Å². The maximum absolute atomic E-state index is 15.9. The van der Waals surface area contributed by atoms with E-state index in [0.717, 1.165) is 22.3 Å². The summed E-state index contributed by atoms with van der Waals surface area (Å²) >= 11 is 6.42. The standard InChI is InChI=1S/C37H45ClF4N2O4/c1-9-48-33(46)19-31(28-16-25(17-30(38)35(28)39)34-22(5)13-21(4)14-23(34)6)43-36(47)27(12-20(2)3)26-15-24(10-11-44(7)8)29(18-32(26)45)37(40,41)42/h13-18,20,26-27,31H,9-12,19H2,1-8H3,(H,43,47)/t26?,27?,31-/m0/s1. The maximum atomic E-state index is 15.9. The van der Waals surface area contributed by atoms with Crippen LogP contribution in [-0.4, -0.2) is 56.0 Å². The zero-order chi connectivity index (χ0) is 36.1. The SMILES string of the molecule is CCOC(=O)C[C@H](NC(=O)C(CC(C)C)C1C=C(CCN(C)C)C(C(F)(F)F)=CC1=O)c1cc(-c2c(C)cc(C)cc2C)cc(Cl)c1F. The fourth-order valence-electron chi connectivity index (χ4n) is 6.33. The number of benzene rings is 2. The number of halogens is 5. The minimum absolute atomic E-state index is 0.0119. The van der Waals surface area contributed by atoms with Crippen molar-refractivity contribution < 1.29 is 36.7 Å². The predicted octanol–water partition coefficient (Wildman–Crippen LogP) is 8.41. The van der Waals surface area contributed by atoms with Crippen LogP contribution in [0.25, 0.3) is 11.1 Å². The Morgan fingerprint density at radius 2 is 1.69 bits per heavy atom. The summed E-state index contributed by atoms with van der Waals surface area (Å²) in [5.41, 5.74) is 3.12. The first kappa shape index (κ1) is 38.9. The number of rotatable bonds is 13. The van der Waals surface area contributed by atoms with Gasteiger partial charge in [-0.05, 0) is 107 Å². The van der Waals surface area contributed by atoms with E-state index < -0.39 is 59.5 Å². The Labute approximate surface area is 285 Å². The molecule has 262 valence electrons. The summed E-state index contributed by atoms with van der Waals surface area (Å²) in [6.07, 6.45) is -3.21. The van der Waals surface area contributed by atoms with Crippen LogP contribution in [0.3, 0.4) is 0 Å². The lowest BCUT2D eigenvalue weighted by molar-refractivity contribution is -0.144. The van der Waals surface area contributed by atoms with Gasteiger partial charge in [0.05, 0.1) is 41.5 Å². The monoisotopic (exact) mass is 692 g/mol. The number of alkyl halides is 3. The molecule has 1 aliphatic rings. The Balaban J connectivity index is 2.12. The molecule has 3 rings (SSSR count). The molecule has 0 bridgehead atoms. The third-order valence-corrected chi connectivity index (χ3v) is 8.64. The highest BCUT2D eigenvalue weighted by Crippen LogP contribution is 2.40. The first-order chi connectivity index (χ1) is 22.3. The number of aryl methyl sites for hydroxylation is 3. The van der Waals surface area contributed by atoms with Gasteiger partial charge in [0, 0.05) is 12.1 Å². The third-order valence-electron chi connectivity index (χ3n) is 8.36. The molecule has 2 unspecified atom stereocenters. The Kier molecular flexibility index (Phi) is 13.2. The van der Waals surface area contributed by atoms with Crippen molar-refractivity contribution in [2.24, 2.45) is 17.8 Å². The molecule has 0 spiro atoms. The second-order valence-electron chi connectivity index (χ2n) is 13.2. The smallest absolute Gasteiger partial charge is 0.416 e. The van der Waals surface area contributed by atoms with Crippen molar-refractivity contribution in [2.75, 3.05) is 27.2 Å². The molecule has 0 saturated heterocycles. The van der Waals surface area contributed by atoms with E-state index in [0.29, 0.717) is 18.2 Å². The van der Waals surface area contributed by atoms with Crippen molar-refractivity contribution in [3.63, 3.8) is 0 Å². The lowest BCUT2D eigenvalue weighted by Gasteiger charge is -2.31. The number of allylic oxidation sites excluding steroid dienone is 3. The average molecular weight is 693 g/mol. The molecule has 0 aliphatic heterocycles. The van der Waals surface area contributed by atoms with Crippen LogP contribution in [0.2, 0.25) is 5.02 Å². The molecule has 0 heterocycles. The molecule has 1 aliphatic carbocycles. The molecular formula is C37H45ClF4N2O4. The largest absolute Gasteiger partial charge is 0.466 e. The molecule has 2 aromatic carbocycles. The van der Waals surface area contributed by atoms with Crippen LogP contribution >= 0.6 is 11.6 Å². The molecule has 48 heavy (non-hydrogen) atoms. The molecule has 3 atom stereocenters. The number of carbonyl (C=O) groups is 3. The van der Waals surface area contributed by atoms with Crippen LogP contribution in [0.1, 0.15) is 68.3 Å². The van der Waals surface area contributed by atoms with Gasteiger partial charge in [-0.15, -0.1) is 0 Å². The van der Waals surface area contributed by atoms with Crippen LogP contribution in [0, 0.1) is 44.3 Å². The Morgan fingerprint density at radius 3 is 2.23 bits per heavy atom. The summed E-state index contributed by atoms with van der Waals surface area (Å²) in [7, 11) is 3.45. The molecular weight excluding hydrogens is 648 g/mol. The van der Waals surface area contributed by atoms with E-state index in [-0.39, 0.29) is 41.5 Å². The first-order valence-corrected chi connectivity index (χ1v) is 16.4. The number of hydrogen-bond donors (Lipinski definition) is 1. The molecule has 6 nitrogen and oxygen atoms in total. The lowest BCUT2D eigenvalue weighted by Crippen LogP contribution is -2.41. The van der Waals surface area contributed by atoms with Gasteiger partial charge in [0.15, 0.2) is 5.78 Å². The van der Waals surface area contributed by atoms with Gasteiger partial charge in [-0.3, -0.25) is 14.4 Å². The quantitative estimate of drug-likeness (QED) is 0.169. The van der Waals surface area contributed by atoms with Crippen molar-refractivity contribution in [1.29, 1.82) is 0 Å². The number of ketones is 1. The van der Waals surface area contributed by atoms with Crippen LogP contribution in [0.4, 0.5) is 17.6 Å². The topological polar surface area (TPSA) is 75.7 Å². The molecule has 11 heteroatoms. The van der Waals surface area contributed by atoms with Gasteiger partial charge in [0.25, 0.3) is 0 Å². The Morgan fingerprint density at radius 1 is 1.06 bits per heavy atom. The van der Waals surface area contributed by atoms with Gasteiger partial charge < -0.3 is 15.0 Å². The number of amides is 1. The summed E-state index contributed by atoms with van der Waals surface area (Å²) in [6, 6.07) is 5.73. The van der Waals surface area contributed by atoms with E-state index in [4.69, 9.17) is 16.3 Å². The van der Waals surface area contributed by atoms with Crippen molar-refractivity contribution >= 4 is 29.3 Å². The lowest BCUT2D eigenvalue weighted by atomic mass is 9.76. The summed E-state index contributed by atoms with van der Waals surface area (Å²) < 4.78 is 63.0. The second-order valence-corrected chi connectivity index (χ2v) is 13.6. The van der Waals surface area contributed by atoms with Gasteiger partial charge in [-0.2, -0.15) is 13.2 Å². The molecule has 1 amide bonds. The number of nitrogens with one attached hydrogen (secondary N) is 1. The van der Waals surface area contributed by atoms with Crippen molar-refractivity contribution in [3.8, 4) is 11.1 Å². The second kappa shape index (κ2) is 16.3. The Hall–Kier alpha value is -3.50. The van der Waals surface area contributed by atoms with Crippen LogP contribution in [-0.2, 0) is 19.1 Å². The highest BCUT2D eigenvalue weighted by molar-refractivity contribution is 6.31. The highest BCUT2D eigenvalue weighted by Gasteiger charge is 2.43. The number of esters is 1. The summed E-state index contributed by atoms with van der Waals surface area (Å²) in [5, 5.41) is 2.55. The summed E-state index contributed by atoms with van der Waals surface area (Å²) in [6.45, 7) is 11.4. The maximum Gasteiger partial charge on any atom is 0.416 e. The number of carbonyl (C=O) groups excluding carboxylic acids is 3. The normalized spacial score (nSPS) is 16.5.